The molecular weight excluding hydrogens is 271 g/mol. The molecule has 2 aromatic carbocycles. The average molecular weight is 284 g/mol. The van der Waals surface area contributed by atoms with E-state index in [0.29, 0.717) is 12.0 Å². The topological polar surface area (TPSA) is 54.4 Å². The van der Waals surface area contributed by atoms with Crippen LogP contribution in [0.5, 0.6) is 0 Å². The maximum atomic E-state index is 12.9. The minimum atomic E-state index is -1.50. The van der Waals surface area contributed by atoms with Crippen LogP contribution in [0.1, 0.15) is 27.0 Å². The summed E-state index contributed by atoms with van der Waals surface area (Å²) >= 11 is 0. The van der Waals surface area contributed by atoms with Crippen LogP contribution in [0.25, 0.3) is 6.08 Å². The van der Waals surface area contributed by atoms with Gasteiger partial charge in [-0.25, -0.2) is 9.18 Å². The van der Waals surface area contributed by atoms with Gasteiger partial charge in [-0.3, -0.25) is 4.79 Å². The Morgan fingerprint density at radius 2 is 1.81 bits per heavy atom. The second kappa shape index (κ2) is 6.13. The maximum absolute atomic E-state index is 12.9. The molecule has 0 bridgehead atoms. The van der Waals surface area contributed by atoms with Crippen LogP contribution < -0.4 is 0 Å². The van der Waals surface area contributed by atoms with Gasteiger partial charge in [0.25, 0.3) is 5.78 Å². The van der Waals surface area contributed by atoms with E-state index in [1.807, 2.05) is 0 Å². The maximum Gasteiger partial charge on any atom is 0.377 e. The van der Waals surface area contributed by atoms with E-state index in [1.54, 1.807) is 30.3 Å². The van der Waals surface area contributed by atoms with E-state index in [4.69, 9.17) is 5.11 Å². The van der Waals surface area contributed by atoms with Gasteiger partial charge in [0.1, 0.15) is 5.82 Å². The van der Waals surface area contributed by atoms with Crippen LogP contribution in [-0.2, 0) is 11.2 Å². The first-order valence-corrected chi connectivity index (χ1v) is 6.28. The Hall–Kier alpha value is -2.75. The lowest BCUT2D eigenvalue weighted by Gasteiger charge is -2.09. The van der Waals surface area contributed by atoms with E-state index in [0.717, 1.165) is 11.1 Å². The normalized spacial score (nSPS) is 10.1. The van der Waals surface area contributed by atoms with Crippen LogP contribution in [-0.4, -0.2) is 16.9 Å². The fourth-order valence-electron chi connectivity index (χ4n) is 2.05. The summed E-state index contributed by atoms with van der Waals surface area (Å²) in [4.78, 5) is 22.6. The van der Waals surface area contributed by atoms with Crippen LogP contribution in [0.3, 0.4) is 0 Å². The number of carbonyl (C=O) groups excluding carboxylic acids is 1. The molecule has 21 heavy (non-hydrogen) atoms. The van der Waals surface area contributed by atoms with Crippen molar-refractivity contribution in [1.82, 2.24) is 0 Å². The Morgan fingerprint density at radius 3 is 2.38 bits per heavy atom. The summed E-state index contributed by atoms with van der Waals surface area (Å²) < 4.78 is 12.9. The number of aliphatic carboxylic acids is 1. The standard InChI is InChI=1S/C17H13FO3/c1-2-11-5-8-15(16(19)17(20)21)13(9-11)10-12-3-6-14(18)7-4-12/h2-9H,1,10H2,(H,20,21). The zero-order valence-electron chi connectivity index (χ0n) is 11.2. The molecule has 106 valence electrons. The van der Waals surface area contributed by atoms with Gasteiger partial charge < -0.3 is 5.11 Å². The fourth-order valence-corrected chi connectivity index (χ4v) is 2.05. The van der Waals surface area contributed by atoms with E-state index in [2.05, 4.69) is 6.58 Å². The van der Waals surface area contributed by atoms with Crippen molar-refractivity contribution < 1.29 is 19.1 Å². The van der Waals surface area contributed by atoms with Crippen molar-refractivity contribution >= 4 is 17.8 Å². The molecule has 0 fully saturated rings. The zero-order chi connectivity index (χ0) is 15.4. The molecule has 2 aromatic rings. The lowest BCUT2D eigenvalue weighted by molar-refractivity contribution is -0.131. The Kier molecular flexibility index (Phi) is 4.28. The minimum absolute atomic E-state index is 0.137. The van der Waals surface area contributed by atoms with Gasteiger partial charge in [0, 0.05) is 5.56 Å². The molecule has 0 unspecified atom stereocenters. The highest BCUT2D eigenvalue weighted by atomic mass is 19.1. The Morgan fingerprint density at radius 1 is 1.14 bits per heavy atom. The predicted octanol–water partition coefficient (Wildman–Crippen LogP) is 3.33. The predicted molar refractivity (Wildman–Crippen MR) is 77.7 cm³/mol. The molecule has 0 aliphatic heterocycles. The SMILES string of the molecule is C=Cc1ccc(C(=O)C(=O)O)c(Cc2ccc(F)cc2)c1. The van der Waals surface area contributed by atoms with E-state index in [9.17, 15) is 14.0 Å². The third-order valence-corrected chi connectivity index (χ3v) is 3.11. The van der Waals surface area contributed by atoms with Gasteiger partial charge in [-0.05, 0) is 41.3 Å². The Bertz CT molecular complexity index is 702. The number of rotatable bonds is 5. The van der Waals surface area contributed by atoms with Gasteiger partial charge in [0.2, 0.25) is 0 Å². The molecule has 2 rings (SSSR count). The summed E-state index contributed by atoms with van der Waals surface area (Å²) in [6.45, 7) is 3.65. The molecule has 0 spiro atoms. The second-order valence-electron chi connectivity index (χ2n) is 4.56. The number of Topliss-reactive ketones (excluding diaryl/α,β-unsaturated/α-hetero) is 1. The molecule has 0 aliphatic carbocycles. The van der Waals surface area contributed by atoms with E-state index < -0.39 is 11.8 Å². The lowest BCUT2D eigenvalue weighted by atomic mass is 9.95. The van der Waals surface area contributed by atoms with Crippen LogP contribution in [0.2, 0.25) is 0 Å². The molecule has 4 heteroatoms. The number of benzene rings is 2. The summed E-state index contributed by atoms with van der Waals surface area (Å²) in [5.74, 6) is -2.80. The Labute approximate surface area is 121 Å². The minimum Gasteiger partial charge on any atom is -0.475 e. The van der Waals surface area contributed by atoms with E-state index in [1.165, 1.54) is 18.2 Å². The van der Waals surface area contributed by atoms with Crippen LogP contribution in [0.4, 0.5) is 4.39 Å². The van der Waals surface area contributed by atoms with Gasteiger partial charge in [-0.2, -0.15) is 0 Å². The molecule has 0 saturated heterocycles. The van der Waals surface area contributed by atoms with Crippen molar-refractivity contribution in [3.05, 3.63) is 77.1 Å². The molecule has 1 N–H and O–H groups in total. The third-order valence-electron chi connectivity index (χ3n) is 3.11. The largest absolute Gasteiger partial charge is 0.475 e. The van der Waals surface area contributed by atoms with Crippen LogP contribution in [0.15, 0.2) is 49.0 Å². The Balaban J connectivity index is 2.43. The smallest absolute Gasteiger partial charge is 0.377 e. The third kappa shape index (κ3) is 3.42. The molecule has 0 aromatic heterocycles. The number of carbonyl (C=O) groups is 2. The van der Waals surface area contributed by atoms with Crippen molar-refractivity contribution in [2.75, 3.05) is 0 Å². The van der Waals surface area contributed by atoms with Gasteiger partial charge in [-0.1, -0.05) is 36.9 Å². The molecule has 3 nitrogen and oxygen atoms in total. The number of carboxylic acids is 1. The van der Waals surface area contributed by atoms with Gasteiger partial charge in [0.05, 0.1) is 0 Å². The first-order chi connectivity index (χ1) is 10.0. The monoisotopic (exact) mass is 284 g/mol. The molecule has 0 saturated carbocycles. The van der Waals surface area contributed by atoms with E-state index >= 15 is 0 Å². The van der Waals surface area contributed by atoms with Crippen molar-refractivity contribution in [2.45, 2.75) is 6.42 Å². The summed E-state index contributed by atoms with van der Waals surface area (Å²) in [5, 5.41) is 8.87. The van der Waals surface area contributed by atoms with Gasteiger partial charge >= 0.3 is 5.97 Å². The van der Waals surface area contributed by atoms with Crippen molar-refractivity contribution in [2.24, 2.45) is 0 Å². The number of ketones is 1. The summed E-state index contributed by atoms with van der Waals surface area (Å²) in [6.07, 6.45) is 1.96. The first-order valence-electron chi connectivity index (χ1n) is 6.28. The summed E-state index contributed by atoms with van der Waals surface area (Å²) in [7, 11) is 0. The first kappa shape index (κ1) is 14.7. The molecular formula is C17H13FO3. The van der Waals surface area contributed by atoms with Crippen molar-refractivity contribution in [3.8, 4) is 0 Å². The second-order valence-corrected chi connectivity index (χ2v) is 4.56. The molecule has 0 amide bonds. The summed E-state index contributed by atoms with van der Waals surface area (Å²) in [5.41, 5.74) is 2.29. The average Bonchev–Trinajstić information content (AvgIpc) is 2.48. The van der Waals surface area contributed by atoms with Gasteiger partial charge in [-0.15, -0.1) is 0 Å². The molecule has 0 heterocycles. The zero-order valence-corrected chi connectivity index (χ0v) is 11.2. The highest BCUT2D eigenvalue weighted by molar-refractivity contribution is 6.40. The number of carboxylic acid groups (broad SMARTS) is 1. The van der Waals surface area contributed by atoms with E-state index in [-0.39, 0.29) is 11.4 Å². The quantitative estimate of drug-likeness (QED) is 0.677. The molecule has 0 aliphatic rings. The molecule has 0 radical (unpaired) electrons. The van der Waals surface area contributed by atoms with Gasteiger partial charge in [0.15, 0.2) is 0 Å². The van der Waals surface area contributed by atoms with Crippen LogP contribution >= 0.6 is 0 Å². The molecule has 0 atom stereocenters. The number of halogens is 1. The summed E-state index contributed by atoms with van der Waals surface area (Å²) in [6, 6.07) is 10.7. The highest BCUT2D eigenvalue weighted by Gasteiger charge is 2.18. The van der Waals surface area contributed by atoms with Crippen LogP contribution in [0, 0.1) is 5.82 Å². The fraction of sp³-hybridized carbons (Fsp3) is 0.0588. The lowest BCUT2D eigenvalue weighted by Crippen LogP contribution is -2.15. The number of hydrogen-bond acceptors (Lipinski definition) is 2. The van der Waals surface area contributed by atoms with Crippen molar-refractivity contribution in [1.29, 1.82) is 0 Å². The highest BCUT2D eigenvalue weighted by Crippen LogP contribution is 2.18. The van der Waals surface area contributed by atoms with Crippen molar-refractivity contribution in [3.63, 3.8) is 0 Å². The number of hydrogen-bond donors (Lipinski definition) is 1.